The molecule has 1 saturated carbocycles. The van der Waals surface area contributed by atoms with Gasteiger partial charge in [0.1, 0.15) is 0 Å². The van der Waals surface area contributed by atoms with Crippen LogP contribution in [0.1, 0.15) is 72.1 Å². The molecule has 21 heavy (non-hydrogen) atoms. The summed E-state index contributed by atoms with van der Waals surface area (Å²) in [6.45, 7) is 7.63. The lowest BCUT2D eigenvalue weighted by Crippen LogP contribution is -2.41. The van der Waals surface area contributed by atoms with E-state index in [0.29, 0.717) is 25.3 Å². The minimum Gasteiger partial charge on any atom is -0.481 e. The van der Waals surface area contributed by atoms with Crippen molar-refractivity contribution in [2.24, 2.45) is 11.3 Å². The van der Waals surface area contributed by atoms with Crippen LogP contribution in [-0.2, 0) is 9.59 Å². The highest BCUT2D eigenvalue weighted by Gasteiger charge is 2.41. The summed E-state index contributed by atoms with van der Waals surface area (Å²) in [5, 5.41) is 9.67. The second-order valence-electron chi connectivity index (χ2n) is 6.62. The van der Waals surface area contributed by atoms with Gasteiger partial charge in [-0.05, 0) is 25.7 Å². The zero-order valence-electron chi connectivity index (χ0n) is 13.9. The summed E-state index contributed by atoms with van der Waals surface area (Å²) in [4.78, 5) is 26.2. The van der Waals surface area contributed by atoms with E-state index in [0.717, 1.165) is 38.6 Å². The molecule has 0 saturated heterocycles. The average Bonchev–Trinajstić information content (AvgIpc) is 2.70. The summed E-state index contributed by atoms with van der Waals surface area (Å²) in [5.74, 6) is -0.303. The molecule has 1 unspecified atom stereocenters. The Kier molecular flexibility index (Phi) is 7.20. The van der Waals surface area contributed by atoms with Crippen LogP contribution in [0.4, 0.5) is 0 Å². The third-order valence-corrected chi connectivity index (χ3v) is 4.97. The van der Waals surface area contributed by atoms with Crippen molar-refractivity contribution in [1.29, 1.82) is 0 Å². The number of hydrogen-bond donors (Lipinski definition) is 1. The van der Waals surface area contributed by atoms with E-state index in [4.69, 9.17) is 0 Å². The Labute approximate surface area is 128 Å². The molecule has 1 amide bonds. The van der Waals surface area contributed by atoms with Gasteiger partial charge in [0.2, 0.25) is 5.91 Å². The van der Waals surface area contributed by atoms with Crippen LogP contribution in [-0.4, -0.2) is 35.0 Å². The summed E-state index contributed by atoms with van der Waals surface area (Å²) in [7, 11) is 0. The minimum atomic E-state index is -0.823. The third kappa shape index (κ3) is 5.01. The lowest BCUT2D eigenvalue weighted by Gasteiger charge is -2.31. The van der Waals surface area contributed by atoms with Gasteiger partial charge in [0.25, 0.3) is 0 Å². The van der Waals surface area contributed by atoms with Gasteiger partial charge in [0.05, 0.1) is 5.41 Å². The number of carboxylic acids is 1. The molecule has 1 N–H and O–H groups in total. The van der Waals surface area contributed by atoms with Gasteiger partial charge >= 0.3 is 5.97 Å². The number of carbonyl (C=O) groups is 2. The molecule has 0 aromatic carbocycles. The van der Waals surface area contributed by atoms with Crippen molar-refractivity contribution < 1.29 is 14.7 Å². The molecule has 1 aliphatic carbocycles. The maximum absolute atomic E-state index is 12.6. The number of nitrogens with zero attached hydrogens (tertiary/aromatic N) is 1. The normalized spacial score (nSPS) is 19.6. The standard InChI is InChI=1S/C17H31NO3/c1-4-14(3)13-18(5-2)15(19)12-17(16(20)21)10-8-6-7-9-11-17/h14H,4-13H2,1-3H3,(H,20,21). The average molecular weight is 297 g/mol. The van der Waals surface area contributed by atoms with Crippen LogP contribution in [0.5, 0.6) is 0 Å². The van der Waals surface area contributed by atoms with Crippen LogP contribution >= 0.6 is 0 Å². The molecular weight excluding hydrogens is 266 g/mol. The van der Waals surface area contributed by atoms with E-state index in [2.05, 4.69) is 13.8 Å². The zero-order valence-corrected chi connectivity index (χ0v) is 13.9. The summed E-state index contributed by atoms with van der Waals surface area (Å²) in [5.41, 5.74) is -0.823. The van der Waals surface area contributed by atoms with Gasteiger partial charge < -0.3 is 10.0 Å². The van der Waals surface area contributed by atoms with E-state index >= 15 is 0 Å². The van der Waals surface area contributed by atoms with Crippen LogP contribution < -0.4 is 0 Å². The van der Waals surface area contributed by atoms with Gasteiger partial charge in [-0.1, -0.05) is 46.0 Å². The predicted molar refractivity (Wildman–Crippen MR) is 84.1 cm³/mol. The van der Waals surface area contributed by atoms with Crippen molar-refractivity contribution in [3.8, 4) is 0 Å². The molecule has 1 aliphatic rings. The molecule has 0 bridgehead atoms. The first-order valence-corrected chi connectivity index (χ1v) is 8.46. The fraction of sp³-hybridized carbons (Fsp3) is 0.882. The topological polar surface area (TPSA) is 57.6 Å². The Morgan fingerprint density at radius 3 is 2.14 bits per heavy atom. The molecule has 1 rings (SSSR count). The Morgan fingerprint density at radius 1 is 1.14 bits per heavy atom. The lowest BCUT2D eigenvalue weighted by atomic mass is 9.77. The first-order chi connectivity index (χ1) is 9.95. The summed E-state index contributed by atoms with van der Waals surface area (Å²) < 4.78 is 0. The molecule has 0 heterocycles. The first kappa shape index (κ1) is 18.0. The van der Waals surface area contributed by atoms with Crippen LogP contribution in [0.15, 0.2) is 0 Å². The van der Waals surface area contributed by atoms with E-state index in [9.17, 15) is 14.7 Å². The second kappa shape index (κ2) is 8.40. The maximum atomic E-state index is 12.6. The largest absolute Gasteiger partial charge is 0.481 e. The highest BCUT2D eigenvalue weighted by molar-refractivity contribution is 5.85. The summed E-state index contributed by atoms with van der Waals surface area (Å²) in [6, 6.07) is 0. The molecule has 0 aromatic heterocycles. The van der Waals surface area contributed by atoms with Crippen molar-refractivity contribution in [3.63, 3.8) is 0 Å². The Hall–Kier alpha value is -1.06. The Bertz CT molecular complexity index is 346. The highest BCUT2D eigenvalue weighted by atomic mass is 16.4. The predicted octanol–water partition coefficient (Wildman–Crippen LogP) is 3.70. The number of amides is 1. The molecule has 0 radical (unpaired) electrons. The van der Waals surface area contributed by atoms with E-state index in [-0.39, 0.29) is 12.3 Å². The number of carboxylic acid groups (broad SMARTS) is 1. The van der Waals surface area contributed by atoms with E-state index in [1.807, 2.05) is 11.8 Å². The van der Waals surface area contributed by atoms with Gasteiger partial charge in [-0.2, -0.15) is 0 Å². The van der Waals surface area contributed by atoms with Crippen molar-refractivity contribution in [3.05, 3.63) is 0 Å². The van der Waals surface area contributed by atoms with E-state index in [1.165, 1.54) is 0 Å². The van der Waals surface area contributed by atoms with Crippen molar-refractivity contribution in [2.75, 3.05) is 13.1 Å². The number of hydrogen-bond acceptors (Lipinski definition) is 2. The fourth-order valence-electron chi connectivity index (χ4n) is 3.19. The molecular formula is C17H31NO3. The van der Waals surface area contributed by atoms with Gasteiger partial charge in [-0.3, -0.25) is 9.59 Å². The monoisotopic (exact) mass is 297 g/mol. The van der Waals surface area contributed by atoms with Crippen molar-refractivity contribution in [2.45, 2.75) is 72.1 Å². The lowest BCUT2D eigenvalue weighted by molar-refractivity contribution is -0.154. The van der Waals surface area contributed by atoms with Crippen molar-refractivity contribution >= 4 is 11.9 Å². The van der Waals surface area contributed by atoms with Gasteiger partial charge in [0, 0.05) is 19.5 Å². The maximum Gasteiger partial charge on any atom is 0.310 e. The van der Waals surface area contributed by atoms with Crippen LogP contribution in [0.3, 0.4) is 0 Å². The van der Waals surface area contributed by atoms with E-state index < -0.39 is 11.4 Å². The Morgan fingerprint density at radius 2 is 1.71 bits per heavy atom. The molecule has 4 heteroatoms. The molecule has 0 spiro atoms. The molecule has 0 aliphatic heterocycles. The SMILES string of the molecule is CCC(C)CN(CC)C(=O)CC1(C(=O)O)CCCCCC1. The quantitative estimate of drug-likeness (QED) is 0.729. The number of rotatable bonds is 7. The second-order valence-corrected chi connectivity index (χ2v) is 6.62. The van der Waals surface area contributed by atoms with Crippen LogP contribution in [0.2, 0.25) is 0 Å². The van der Waals surface area contributed by atoms with Crippen LogP contribution in [0.25, 0.3) is 0 Å². The zero-order chi connectivity index (χ0) is 15.9. The number of aliphatic carboxylic acids is 1. The fourth-order valence-corrected chi connectivity index (χ4v) is 3.19. The van der Waals surface area contributed by atoms with Crippen LogP contribution in [0, 0.1) is 11.3 Å². The minimum absolute atomic E-state index is 0.0158. The molecule has 1 fully saturated rings. The first-order valence-electron chi connectivity index (χ1n) is 8.46. The van der Waals surface area contributed by atoms with Crippen molar-refractivity contribution in [1.82, 2.24) is 4.90 Å². The Balaban J connectivity index is 2.77. The third-order valence-electron chi connectivity index (χ3n) is 4.97. The van der Waals surface area contributed by atoms with E-state index in [1.54, 1.807) is 0 Å². The highest BCUT2D eigenvalue weighted by Crippen LogP contribution is 2.39. The number of carbonyl (C=O) groups excluding carboxylic acids is 1. The molecule has 122 valence electrons. The molecule has 0 aromatic rings. The summed E-state index contributed by atoms with van der Waals surface area (Å²) >= 11 is 0. The molecule has 4 nitrogen and oxygen atoms in total. The summed E-state index contributed by atoms with van der Waals surface area (Å²) in [6.07, 6.45) is 6.54. The molecule has 1 atom stereocenters. The van der Waals surface area contributed by atoms with Gasteiger partial charge in [0.15, 0.2) is 0 Å². The smallest absolute Gasteiger partial charge is 0.310 e. The van der Waals surface area contributed by atoms with Gasteiger partial charge in [-0.15, -0.1) is 0 Å². The van der Waals surface area contributed by atoms with Gasteiger partial charge in [-0.25, -0.2) is 0 Å².